The molecule has 1 nitrogen and oxygen atoms in total. The molecule has 3 rings (SSSR count). The molecule has 0 bridgehead atoms. The fourth-order valence-corrected chi connectivity index (χ4v) is 2.43. The van der Waals surface area contributed by atoms with Gasteiger partial charge >= 0.3 is 0 Å². The van der Waals surface area contributed by atoms with Gasteiger partial charge < -0.3 is 0 Å². The number of benzene rings is 2. The van der Waals surface area contributed by atoms with Crippen molar-refractivity contribution in [3.8, 4) is 11.1 Å². The van der Waals surface area contributed by atoms with Crippen LogP contribution in [0.1, 0.15) is 12.6 Å². The zero-order chi connectivity index (χ0) is 12.4. The second-order valence-corrected chi connectivity index (χ2v) is 4.38. The van der Waals surface area contributed by atoms with Crippen LogP contribution in [0.5, 0.6) is 0 Å². The van der Waals surface area contributed by atoms with Gasteiger partial charge in [0, 0.05) is 17.5 Å². The lowest BCUT2D eigenvalue weighted by atomic mass is 9.96. The zero-order valence-electron chi connectivity index (χ0n) is 10.4. The van der Waals surface area contributed by atoms with Gasteiger partial charge in [-0.25, -0.2) is 0 Å². The molecule has 0 atom stereocenters. The molecule has 1 heteroatoms. The molecule has 0 aliphatic carbocycles. The highest BCUT2D eigenvalue weighted by Gasteiger charge is 2.07. The molecule has 0 amide bonds. The summed E-state index contributed by atoms with van der Waals surface area (Å²) in [5.41, 5.74) is 3.68. The Morgan fingerprint density at radius 3 is 2.50 bits per heavy atom. The molecule has 0 aliphatic rings. The number of rotatable bonds is 2. The molecular weight excluding hydrogens is 218 g/mol. The van der Waals surface area contributed by atoms with Gasteiger partial charge in [0.15, 0.2) is 0 Å². The van der Waals surface area contributed by atoms with Crippen LogP contribution in [0, 0.1) is 0 Å². The Bertz CT molecular complexity index is 681. The molecule has 0 unspecified atom stereocenters. The molecule has 0 fully saturated rings. The minimum atomic E-state index is 0.958. The molecular formula is C17H15N. The third-order valence-corrected chi connectivity index (χ3v) is 3.30. The van der Waals surface area contributed by atoms with Gasteiger partial charge in [0.2, 0.25) is 0 Å². The van der Waals surface area contributed by atoms with E-state index in [2.05, 4.69) is 60.4 Å². The van der Waals surface area contributed by atoms with Crippen molar-refractivity contribution in [1.29, 1.82) is 0 Å². The molecule has 1 aromatic heterocycles. The molecule has 2 aromatic carbocycles. The van der Waals surface area contributed by atoms with Crippen molar-refractivity contribution in [3.63, 3.8) is 0 Å². The maximum absolute atomic E-state index is 4.48. The van der Waals surface area contributed by atoms with E-state index < -0.39 is 0 Å². The average Bonchev–Trinajstić information content (AvgIpc) is 2.46. The van der Waals surface area contributed by atoms with Crippen LogP contribution in [0.3, 0.4) is 0 Å². The SMILES string of the molecule is CCc1ncccc1-c1cccc2ccccc12. The van der Waals surface area contributed by atoms with E-state index in [0.29, 0.717) is 0 Å². The van der Waals surface area contributed by atoms with Gasteiger partial charge in [-0.3, -0.25) is 4.98 Å². The van der Waals surface area contributed by atoms with Crippen LogP contribution in [-0.2, 0) is 6.42 Å². The van der Waals surface area contributed by atoms with Crippen molar-refractivity contribution < 1.29 is 0 Å². The standard InChI is InChI=1S/C17H15N/c1-2-17-16(11-6-12-18-17)15-10-5-8-13-7-3-4-9-14(13)15/h3-12H,2H2,1H3. The Morgan fingerprint density at radius 1 is 0.833 bits per heavy atom. The largest absolute Gasteiger partial charge is 0.261 e. The van der Waals surface area contributed by atoms with E-state index >= 15 is 0 Å². The van der Waals surface area contributed by atoms with E-state index in [4.69, 9.17) is 0 Å². The molecule has 0 N–H and O–H groups in total. The second kappa shape index (κ2) is 4.61. The van der Waals surface area contributed by atoms with Gasteiger partial charge in [-0.05, 0) is 28.8 Å². The van der Waals surface area contributed by atoms with Crippen molar-refractivity contribution in [1.82, 2.24) is 4.98 Å². The predicted molar refractivity (Wildman–Crippen MR) is 76.6 cm³/mol. The number of aryl methyl sites for hydroxylation is 1. The summed E-state index contributed by atoms with van der Waals surface area (Å²) in [5, 5.41) is 2.57. The number of fused-ring (bicyclic) bond motifs is 1. The first-order chi connectivity index (χ1) is 8.90. The second-order valence-electron chi connectivity index (χ2n) is 4.38. The van der Waals surface area contributed by atoms with E-state index in [0.717, 1.165) is 12.1 Å². The maximum Gasteiger partial charge on any atom is 0.0479 e. The zero-order valence-corrected chi connectivity index (χ0v) is 10.4. The average molecular weight is 233 g/mol. The quantitative estimate of drug-likeness (QED) is 0.636. The first-order valence-corrected chi connectivity index (χ1v) is 6.32. The van der Waals surface area contributed by atoms with Gasteiger partial charge in [-0.15, -0.1) is 0 Å². The summed E-state index contributed by atoms with van der Waals surface area (Å²) in [4.78, 5) is 4.48. The van der Waals surface area contributed by atoms with Crippen molar-refractivity contribution in [3.05, 3.63) is 66.5 Å². The first kappa shape index (κ1) is 11.0. The third-order valence-electron chi connectivity index (χ3n) is 3.30. The van der Waals surface area contributed by atoms with Crippen LogP contribution in [0.25, 0.3) is 21.9 Å². The predicted octanol–water partition coefficient (Wildman–Crippen LogP) is 4.46. The minimum Gasteiger partial charge on any atom is -0.261 e. The number of hydrogen-bond donors (Lipinski definition) is 0. The molecule has 0 aliphatic heterocycles. The highest BCUT2D eigenvalue weighted by molar-refractivity contribution is 5.97. The van der Waals surface area contributed by atoms with Crippen molar-refractivity contribution in [2.24, 2.45) is 0 Å². The van der Waals surface area contributed by atoms with Crippen LogP contribution in [0.4, 0.5) is 0 Å². The Morgan fingerprint density at radius 2 is 1.61 bits per heavy atom. The Hall–Kier alpha value is -2.15. The Labute approximate surface area is 107 Å². The number of pyridine rings is 1. The van der Waals surface area contributed by atoms with Crippen molar-refractivity contribution in [2.45, 2.75) is 13.3 Å². The maximum atomic E-state index is 4.48. The molecule has 88 valence electrons. The molecule has 3 aromatic rings. The lowest BCUT2D eigenvalue weighted by Crippen LogP contribution is -1.91. The van der Waals surface area contributed by atoms with Crippen molar-refractivity contribution in [2.75, 3.05) is 0 Å². The van der Waals surface area contributed by atoms with Crippen LogP contribution in [0.2, 0.25) is 0 Å². The van der Waals surface area contributed by atoms with Gasteiger partial charge in [-0.2, -0.15) is 0 Å². The lowest BCUT2D eigenvalue weighted by molar-refractivity contribution is 1.04. The van der Waals surface area contributed by atoms with E-state index in [9.17, 15) is 0 Å². The van der Waals surface area contributed by atoms with E-state index in [1.807, 2.05) is 12.3 Å². The fraction of sp³-hybridized carbons (Fsp3) is 0.118. The molecule has 0 saturated heterocycles. The monoisotopic (exact) mass is 233 g/mol. The topological polar surface area (TPSA) is 12.9 Å². The van der Waals surface area contributed by atoms with E-state index in [1.54, 1.807) is 0 Å². The summed E-state index contributed by atoms with van der Waals surface area (Å²) in [6.07, 6.45) is 2.83. The number of hydrogen-bond acceptors (Lipinski definition) is 1. The van der Waals surface area contributed by atoms with Gasteiger partial charge in [0.25, 0.3) is 0 Å². The van der Waals surface area contributed by atoms with E-state index in [1.165, 1.54) is 21.9 Å². The molecule has 0 spiro atoms. The summed E-state index contributed by atoms with van der Waals surface area (Å²) in [6.45, 7) is 2.15. The van der Waals surface area contributed by atoms with Crippen LogP contribution < -0.4 is 0 Å². The fourth-order valence-electron chi connectivity index (χ4n) is 2.43. The summed E-state index contributed by atoms with van der Waals surface area (Å²) in [6, 6.07) is 19.1. The number of aromatic nitrogens is 1. The first-order valence-electron chi connectivity index (χ1n) is 6.32. The lowest BCUT2D eigenvalue weighted by Gasteiger charge is -2.10. The summed E-state index contributed by atoms with van der Waals surface area (Å²) in [7, 11) is 0. The molecule has 1 heterocycles. The molecule has 0 saturated carbocycles. The van der Waals surface area contributed by atoms with Gasteiger partial charge in [0.05, 0.1) is 0 Å². The molecule has 18 heavy (non-hydrogen) atoms. The van der Waals surface area contributed by atoms with Gasteiger partial charge in [0.1, 0.15) is 0 Å². The van der Waals surface area contributed by atoms with Crippen LogP contribution >= 0.6 is 0 Å². The highest BCUT2D eigenvalue weighted by Crippen LogP contribution is 2.30. The summed E-state index contributed by atoms with van der Waals surface area (Å²) < 4.78 is 0. The molecule has 0 radical (unpaired) electrons. The Balaban J connectivity index is 2.32. The smallest absolute Gasteiger partial charge is 0.0479 e. The number of nitrogens with zero attached hydrogens (tertiary/aromatic N) is 1. The third kappa shape index (κ3) is 1.78. The van der Waals surface area contributed by atoms with Crippen LogP contribution in [-0.4, -0.2) is 4.98 Å². The van der Waals surface area contributed by atoms with Crippen molar-refractivity contribution >= 4 is 10.8 Å². The van der Waals surface area contributed by atoms with E-state index in [-0.39, 0.29) is 0 Å². The Kier molecular flexibility index (Phi) is 2.81. The summed E-state index contributed by atoms with van der Waals surface area (Å²) in [5.74, 6) is 0. The van der Waals surface area contributed by atoms with Gasteiger partial charge in [-0.1, -0.05) is 55.5 Å². The minimum absolute atomic E-state index is 0.958. The normalized spacial score (nSPS) is 10.7. The van der Waals surface area contributed by atoms with Crippen LogP contribution in [0.15, 0.2) is 60.8 Å². The highest BCUT2D eigenvalue weighted by atomic mass is 14.7. The summed E-state index contributed by atoms with van der Waals surface area (Å²) >= 11 is 0.